The van der Waals surface area contributed by atoms with E-state index in [9.17, 15) is 14.4 Å². The number of imidazole rings is 2. The number of rotatable bonds is 6. The number of nitrogens with zero attached hydrogens (tertiary/aromatic N) is 3. The molecule has 1 aliphatic heterocycles. The average Bonchev–Trinajstić information content (AvgIpc) is 3.57. The van der Waals surface area contributed by atoms with Crippen LogP contribution in [-0.4, -0.2) is 67.5 Å². The van der Waals surface area contributed by atoms with Crippen molar-refractivity contribution in [2.75, 3.05) is 23.7 Å². The second-order valence-corrected chi connectivity index (χ2v) is 10.9. The van der Waals surface area contributed by atoms with Crippen molar-refractivity contribution in [1.29, 1.82) is 0 Å². The Kier molecular flexibility index (Phi) is 7.64. The maximum Gasteiger partial charge on any atom is 0.410 e. The summed E-state index contributed by atoms with van der Waals surface area (Å²) in [7, 11) is 0. The van der Waals surface area contributed by atoms with E-state index < -0.39 is 17.4 Å². The van der Waals surface area contributed by atoms with Crippen molar-refractivity contribution in [1.82, 2.24) is 24.8 Å². The molecule has 12 heteroatoms. The van der Waals surface area contributed by atoms with E-state index in [2.05, 4.69) is 30.6 Å². The molecule has 0 aliphatic carbocycles. The number of carbonyl (C=O) groups excluding carboxylic acids is 3. The van der Waals surface area contributed by atoms with E-state index in [-0.39, 0.29) is 29.5 Å². The molecule has 3 amide bonds. The van der Waals surface area contributed by atoms with Crippen molar-refractivity contribution >= 4 is 40.6 Å². The minimum Gasteiger partial charge on any atom is -0.490 e. The van der Waals surface area contributed by atoms with Crippen LogP contribution < -0.4 is 15.4 Å². The number of fused-ring (bicyclic) bond motifs is 1. The number of carbonyl (C=O) groups is 3. The summed E-state index contributed by atoms with van der Waals surface area (Å²) in [5.74, 6) is -0.258. The SMILES string of the molecule is Cc1ccc(OC2CCN(C(=O)OC(C)(C)C)CC2)cc1NC(=O)c1nc[nH]c1C(=O)Nc1nc2ccccc2[nH]1. The van der Waals surface area contributed by atoms with E-state index in [1.54, 1.807) is 11.0 Å². The maximum absolute atomic E-state index is 13.2. The van der Waals surface area contributed by atoms with Gasteiger partial charge in [-0.25, -0.2) is 14.8 Å². The molecule has 1 saturated heterocycles. The summed E-state index contributed by atoms with van der Waals surface area (Å²) in [6.07, 6.45) is 2.20. The molecule has 4 N–H and O–H groups in total. The molecule has 5 rings (SSSR count). The number of ether oxygens (including phenoxy) is 2. The first-order valence-corrected chi connectivity index (χ1v) is 13.4. The van der Waals surface area contributed by atoms with Crippen molar-refractivity contribution < 1.29 is 23.9 Å². The first-order chi connectivity index (χ1) is 19.6. The molecule has 4 aromatic rings. The Labute approximate surface area is 236 Å². The number of nitrogens with one attached hydrogen (secondary N) is 4. The zero-order chi connectivity index (χ0) is 29.1. The highest BCUT2D eigenvalue weighted by atomic mass is 16.6. The van der Waals surface area contributed by atoms with Crippen molar-refractivity contribution in [3.8, 4) is 5.75 Å². The molecule has 0 saturated carbocycles. The Balaban J connectivity index is 1.20. The number of amides is 3. The Hall–Kier alpha value is -4.87. The summed E-state index contributed by atoms with van der Waals surface area (Å²) in [5.41, 5.74) is 2.23. The van der Waals surface area contributed by atoms with Crippen molar-refractivity contribution in [2.45, 2.75) is 52.2 Å². The summed E-state index contributed by atoms with van der Waals surface area (Å²) in [4.78, 5) is 54.3. The number of hydrogen-bond donors (Lipinski definition) is 4. The maximum atomic E-state index is 13.2. The summed E-state index contributed by atoms with van der Waals surface area (Å²) < 4.78 is 11.6. The molecule has 1 aliphatic rings. The number of para-hydroxylation sites is 2. The predicted molar refractivity (Wildman–Crippen MR) is 153 cm³/mol. The van der Waals surface area contributed by atoms with Gasteiger partial charge in [-0.05, 0) is 51.5 Å². The number of benzene rings is 2. The molecule has 214 valence electrons. The zero-order valence-corrected chi connectivity index (χ0v) is 23.4. The average molecular weight is 560 g/mol. The number of H-pyrrole nitrogens is 2. The molecule has 41 heavy (non-hydrogen) atoms. The van der Waals surface area contributed by atoms with E-state index >= 15 is 0 Å². The number of aromatic nitrogens is 4. The van der Waals surface area contributed by atoms with Crippen molar-refractivity contribution in [3.05, 3.63) is 65.7 Å². The summed E-state index contributed by atoms with van der Waals surface area (Å²) >= 11 is 0. The van der Waals surface area contributed by atoms with Crippen LogP contribution in [0.25, 0.3) is 11.0 Å². The predicted octanol–water partition coefficient (Wildman–Crippen LogP) is 4.88. The molecule has 0 bridgehead atoms. The number of likely N-dealkylation sites (tertiary alicyclic amines) is 1. The van der Waals surface area contributed by atoms with Crippen LogP contribution in [0.1, 0.15) is 60.2 Å². The molecule has 0 unspecified atom stereocenters. The molecular weight excluding hydrogens is 526 g/mol. The van der Waals surface area contributed by atoms with Crippen LogP contribution in [0, 0.1) is 6.92 Å². The van der Waals surface area contributed by atoms with E-state index in [1.165, 1.54) is 6.33 Å². The highest BCUT2D eigenvalue weighted by Gasteiger charge is 2.28. The lowest BCUT2D eigenvalue weighted by molar-refractivity contribution is 0.0126. The fraction of sp³-hybridized carbons (Fsp3) is 0.345. The number of anilines is 2. The van der Waals surface area contributed by atoms with Gasteiger partial charge in [0.2, 0.25) is 5.95 Å². The molecule has 0 atom stereocenters. The van der Waals surface area contributed by atoms with Gasteiger partial charge in [0.1, 0.15) is 23.1 Å². The van der Waals surface area contributed by atoms with Gasteiger partial charge in [0.25, 0.3) is 11.8 Å². The van der Waals surface area contributed by atoms with E-state index in [0.29, 0.717) is 42.9 Å². The Morgan fingerprint density at radius 1 is 1.02 bits per heavy atom. The fourth-order valence-corrected chi connectivity index (χ4v) is 4.49. The molecule has 1 fully saturated rings. The Morgan fingerprint density at radius 2 is 1.78 bits per heavy atom. The van der Waals surface area contributed by atoms with Gasteiger partial charge < -0.3 is 29.7 Å². The summed E-state index contributed by atoms with van der Waals surface area (Å²) in [5, 5.41) is 5.51. The third-order valence-corrected chi connectivity index (χ3v) is 6.56. The van der Waals surface area contributed by atoms with Gasteiger partial charge >= 0.3 is 6.09 Å². The summed E-state index contributed by atoms with van der Waals surface area (Å²) in [6, 6.07) is 12.8. The van der Waals surface area contributed by atoms with Gasteiger partial charge in [-0.2, -0.15) is 0 Å². The third kappa shape index (κ3) is 6.65. The minimum atomic E-state index is -0.557. The van der Waals surface area contributed by atoms with Crippen molar-refractivity contribution in [2.24, 2.45) is 0 Å². The van der Waals surface area contributed by atoms with E-state index in [0.717, 1.165) is 11.1 Å². The zero-order valence-electron chi connectivity index (χ0n) is 23.4. The van der Waals surface area contributed by atoms with E-state index in [4.69, 9.17) is 9.47 Å². The van der Waals surface area contributed by atoms with Crippen LogP contribution in [0.2, 0.25) is 0 Å². The molecule has 2 aromatic heterocycles. The lowest BCUT2D eigenvalue weighted by Gasteiger charge is -2.33. The van der Waals surface area contributed by atoms with Crippen LogP contribution in [0.15, 0.2) is 48.8 Å². The smallest absolute Gasteiger partial charge is 0.410 e. The molecule has 3 heterocycles. The highest BCUT2D eigenvalue weighted by molar-refractivity contribution is 6.13. The molecule has 12 nitrogen and oxygen atoms in total. The fourth-order valence-electron chi connectivity index (χ4n) is 4.49. The molecule has 0 spiro atoms. The quantitative estimate of drug-likeness (QED) is 0.263. The number of aromatic amines is 2. The van der Waals surface area contributed by atoms with Crippen LogP contribution in [0.3, 0.4) is 0 Å². The monoisotopic (exact) mass is 559 g/mol. The van der Waals surface area contributed by atoms with Gasteiger partial charge in [-0.1, -0.05) is 18.2 Å². The van der Waals surface area contributed by atoms with Crippen LogP contribution >= 0.6 is 0 Å². The highest BCUT2D eigenvalue weighted by Crippen LogP contribution is 2.26. The van der Waals surface area contributed by atoms with Gasteiger partial charge in [0.05, 0.1) is 17.4 Å². The third-order valence-electron chi connectivity index (χ3n) is 6.56. The minimum absolute atomic E-state index is 0.00441. The van der Waals surface area contributed by atoms with E-state index in [1.807, 2.05) is 64.1 Å². The second kappa shape index (κ2) is 11.3. The first kappa shape index (κ1) is 27.7. The largest absolute Gasteiger partial charge is 0.490 e. The van der Waals surface area contributed by atoms with Crippen LogP contribution in [0.5, 0.6) is 5.75 Å². The molecule has 2 aromatic carbocycles. The van der Waals surface area contributed by atoms with Gasteiger partial charge in [-0.3, -0.25) is 14.9 Å². The normalized spacial score (nSPS) is 14.1. The summed E-state index contributed by atoms with van der Waals surface area (Å²) in [6.45, 7) is 8.47. The topological polar surface area (TPSA) is 154 Å². The molecule has 0 radical (unpaired) electrons. The van der Waals surface area contributed by atoms with Gasteiger partial charge in [0.15, 0.2) is 5.69 Å². The van der Waals surface area contributed by atoms with Crippen LogP contribution in [0.4, 0.5) is 16.4 Å². The lowest BCUT2D eigenvalue weighted by atomic mass is 10.1. The van der Waals surface area contributed by atoms with Gasteiger partial charge in [-0.15, -0.1) is 0 Å². The standard InChI is InChI=1S/C29H33N7O5/c1-17-9-10-19(40-18-11-13-36(14-12-18)28(39)41-29(2,3)4)15-22(17)32-25(37)23-24(31-16-30-23)26(38)35-27-33-20-7-5-6-8-21(20)34-27/h5-10,15-16,18H,11-14H2,1-4H3,(H,30,31)(H,32,37)(H2,33,34,35,38). The van der Waals surface area contributed by atoms with Gasteiger partial charge in [0, 0.05) is 37.7 Å². The van der Waals surface area contributed by atoms with Crippen LogP contribution in [-0.2, 0) is 4.74 Å². The molecular formula is C29H33N7O5. The number of hydrogen-bond acceptors (Lipinski definition) is 7. The lowest BCUT2D eigenvalue weighted by Crippen LogP contribution is -2.44. The second-order valence-electron chi connectivity index (χ2n) is 10.9. The Bertz CT molecular complexity index is 1540. The van der Waals surface area contributed by atoms with Crippen molar-refractivity contribution in [3.63, 3.8) is 0 Å². The number of piperidine rings is 1. The Morgan fingerprint density at radius 3 is 2.51 bits per heavy atom. The number of aryl methyl sites for hydroxylation is 1. The first-order valence-electron chi connectivity index (χ1n) is 13.4.